The zero-order valence-electron chi connectivity index (χ0n) is 10.6. The maximum Gasteiger partial charge on any atom is 0.346 e. The summed E-state index contributed by atoms with van der Waals surface area (Å²) in [7, 11) is 1.72. The van der Waals surface area contributed by atoms with E-state index in [2.05, 4.69) is 11.9 Å². The number of amides is 2. The zero-order chi connectivity index (χ0) is 12.5. The first-order valence-corrected chi connectivity index (χ1v) is 6.33. The highest BCUT2D eigenvalue weighted by Gasteiger charge is 2.50. The minimum Gasteiger partial charge on any atom is -0.385 e. The highest BCUT2D eigenvalue weighted by molar-refractivity contribution is 6.05. The first kappa shape index (κ1) is 12.4. The molecule has 0 saturated heterocycles. The maximum absolute atomic E-state index is 11.9. The molecule has 0 radical (unpaired) electrons. The summed E-state index contributed by atoms with van der Waals surface area (Å²) in [6.07, 6.45) is 4.87. The van der Waals surface area contributed by atoms with E-state index in [4.69, 9.17) is 10.5 Å². The van der Waals surface area contributed by atoms with Crippen LogP contribution in [-0.2, 0) is 4.74 Å². The van der Waals surface area contributed by atoms with Crippen molar-refractivity contribution >= 4 is 11.9 Å². The summed E-state index contributed by atoms with van der Waals surface area (Å²) in [6.45, 7) is 2.78. The van der Waals surface area contributed by atoms with Crippen molar-refractivity contribution in [1.82, 2.24) is 4.90 Å². The van der Waals surface area contributed by atoms with Crippen LogP contribution in [0.5, 0.6) is 0 Å². The number of nitrogens with zero attached hydrogens (tertiary/aromatic N) is 2. The molecule has 5 nitrogen and oxygen atoms in total. The van der Waals surface area contributed by atoms with Crippen molar-refractivity contribution in [3.05, 3.63) is 0 Å². The molecule has 1 aliphatic heterocycles. The van der Waals surface area contributed by atoms with E-state index in [9.17, 15) is 4.79 Å². The molecule has 5 heteroatoms. The van der Waals surface area contributed by atoms with Gasteiger partial charge in [-0.1, -0.05) is 6.92 Å². The molecule has 0 aromatic carbocycles. The Hall–Kier alpha value is -1.10. The van der Waals surface area contributed by atoms with Gasteiger partial charge < -0.3 is 15.4 Å². The van der Waals surface area contributed by atoms with Crippen LogP contribution >= 0.6 is 0 Å². The third kappa shape index (κ3) is 1.92. The molecule has 0 bridgehead atoms. The van der Waals surface area contributed by atoms with Crippen LogP contribution in [0, 0.1) is 0 Å². The Labute approximate surface area is 102 Å². The standard InChI is InChI=1S/C12H21N3O2/c1-3-7-15-11(16)14-10(13)12(15)6-4-5-9(8-12)17-2/h9H,3-8H2,1-2H3,(H2,13,14,16). The van der Waals surface area contributed by atoms with Gasteiger partial charge in [0.05, 0.1) is 6.10 Å². The van der Waals surface area contributed by atoms with Crippen molar-refractivity contribution in [2.75, 3.05) is 13.7 Å². The van der Waals surface area contributed by atoms with Crippen molar-refractivity contribution in [2.24, 2.45) is 10.7 Å². The molecule has 2 rings (SSSR count). The Morgan fingerprint density at radius 2 is 2.41 bits per heavy atom. The molecular formula is C12H21N3O2. The molecule has 96 valence electrons. The lowest BCUT2D eigenvalue weighted by atomic mass is 9.78. The number of urea groups is 1. The second kappa shape index (κ2) is 4.64. The second-order valence-electron chi connectivity index (χ2n) is 4.92. The molecular weight excluding hydrogens is 218 g/mol. The number of rotatable bonds is 3. The molecule has 17 heavy (non-hydrogen) atoms. The lowest BCUT2D eigenvalue weighted by Gasteiger charge is -2.43. The summed E-state index contributed by atoms with van der Waals surface area (Å²) in [5.41, 5.74) is 5.64. The van der Waals surface area contributed by atoms with E-state index in [0.29, 0.717) is 5.84 Å². The Bertz CT molecular complexity index is 343. The first-order valence-electron chi connectivity index (χ1n) is 6.33. The van der Waals surface area contributed by atoms with Crippen molar-refractivity contribution < 1.29 is 9.53 Å². The number of carbonyl (C=O) groups is 1. The largest absolute Gasteiger partial charge is 0.385 e. The fourth-order valence-corrected chi connectivity index (χ4v) is 3.00. The fraction of sp³-hybridized carbons (Fsp3) is 0.833. The summed E-state index contributed by atoms with van der Waals surface area (Å²) in [6, 6.07) is -0.180. The molecule has 1 saturated carbocycles. The minimum atomic E-state index is -0.369. The average Bonchev–Trinajstić information content (AvgIpc) is 2.54. The van der Waals surface area contributed by atoms with Crippen LogP contribution in [0.4, 0.5) is 4.79 Å². The van der Waals surface area contributed by atoms with Gasteiger partial charge in [-0.15, -0.1) is 0 Å². The van der Waals surface area contributed by atoms with E-state index in [1.165, 1.54) is 0 Å². The van der Waals surface area contributed by atoms with Crippen LogP contribution in [-0.4, -0.2) is 42.1 Å². The Kier molecular flexibility index (Phi) is 3.38. The van der Waals surface area contributed by atoms with Gasteiger partial charge in [-0.05, 0) is 25.7 Å². The number of aliphatic imine (C=N–C) groups is 1. The fourth-order valence-electron chi connectivity index (χ4n) is 3.00. The quantitative estimate of drug-likeness (QED) is 0.811. The van der Waals surface area contributed by atoms with Crippen LogP contribution in [0.1, 0.15) is 39.0 Å². The molecule has 1 heterocycles. The van der Waals surface area contributed by atoms with E-state index in [0.717, 1.165) is 38.6 Å². The van der Waals surface area contributed by atoms with Gasteiger partial charge >= 0.3 is 6.03 Å². The molecule has 2 atom stereocenters. The number of carbonyl (C=O) groups excluding carboxylic acids is 1. The predicted octanol–water partition coefficient (Wildman–Crippen LogP) is 1.52. The molecule has 1 fully saturated rings. The van der Waals surface area contributed by atoms with Gasteiger partial charge in [0.15, 0.2) is 0 Å². The van der Waals surface area contributed by atoms with Gasteiger partial charge in [0.1, 0.15) is 11.4 Å². The van der Waals surface area contributed by atoms with Crippen LogP contribution in [0.15, 0.2) is 4.99 Å². The molecule has 2 N–H and O–H groups in total. The van der Waals surface area contributed by atoms with Crippen LogP contribution in [0.2, 0.25) is 0 Å². The molecule has 2 amide bonds. The second-order valence-corrected chi connectivity index (χ2v) is 4.92. The van der Waals surface area contributed by atoms with E-state index >= 15 is 0 Å². The third-order valence-corrected chi connectivity index (χ3v) is 3.90. The smallest absolute Gasteiger partial charge is 0.346 e. The van der Waals surface area contributed by atoms with Crippen LogP contribution < -0.4 is 5.73 Å². The Morgan fingerprint density at radius 3 is 3.06 bits per heavy atom. The molecule has 0 aromatic heterocycles. The van der Waals surface area contributed by atoms with Gasteiger partial charge in [-0.25, -0.2) is 4.79 Å². The van der Waals surface area contributed by atoms with Crippen molar-refractivity contribution in [2.45, 2.75) is 50.7 Å². The van der Waals surface area contributed by atoms with Gasteiger partial charge in [0.2, 0.25) is 0 Å². The molecule has 0 aromatic rings. The van der Waals surface area contributed by atoms with Gasteiger partial charge in [0.25, 0.3) is 0 Å². The highest BCUT2D eigenvalue weighted by atomic mass is 16.5. The van der Waals surface area contributed by atoms with Crippen molar-refractivity contribution in [3.8, 4) is 0 Å². The van der Waals surface area contributed by atoms with Crippen LogP contribution in [0.3, 0.4) is 0 Å². The highest BCUT2D eigenvalue weighted by Crippen LogP contribution is 2.38. The van der Waals surface area contributed by atoms with Crippen molar-refractivity contribution in [1.29, 1.82) is 0 Å². The number of hydrogen-bond acceptors (Lipinski definition) is 3. The van der Waals surface area contributed by atoms with E-state index in [1.54, 1.807) is 7.11 Å². The Morgan fingerprint density at radius 1 is 1.65 bits per heavy atom. The molecule has 1 spiro atoms. The summed E-state index contributed by atoms with van der Waals surface area (Å²) in [4.78, 5) is 17.7. The van der Waals surface area contributed by atoms with E-state index in [1.807, 2.05) is 4.90 Å². The lowest BCUT2D eigenvalue weighted by molar-refractivity contribution is 0.0227. The first-order chi connectivity index (χ1) is 8.14. The minimum absolute atomic E-state index is 0.180. The third-order valence-electron chi connectivity index (χ3n) is 3.90. The number of amidine groups is 1. The number of ether oxygens (including phenoxy) is 1. The monoisotopic (exact) mass is 239 g/mol. The van der Waals surface area contributed by atoms with Gasteiger partial charge in [-0.2, -0.15) is 4.99 Å². The summed E-state index contributed by atoms with van der Waals surface area (Å²) < 4.78 is 5.44. The van der Waals surface area contributed by atoms with Crippen LogP contribution in [0.25, 0.3) is 0 Å². The number of hydrogen-bond donors (Lipinski definition) is 1. The van der Waals surface area contributed by atoms with Crippen molar-refractivity contribution in [3.63, 3.8) is 0 Å². The van der Waals surface area contributed by atoms with E-state index < -0.39 is 0 Å². The Balaban J connectivity index is 2.25. The van der Waals surface area contributed by atoms with Gasteiger partial charge in [0, 0.05) is 20.1 Å². The molecule has 2 aliphatic rings. The summed E-state index contributed by atoms with van der Waals surface area (Å²) in [5, 5.41) is 0. The topological polar surface area (TPSA) is 67.9 Å². The molecule has 1 aliphatic carbocycles. The maximum atomic E-state index is 11.9. The summed E-state index contributed by atoms with van der Waals surface area (Å²) in [5.74, 6) is 0.484. The lowest BCUT2D eigenvalue weighted by Crippen LogP contribution is -2.57. The SMILES string of the molecule is CCCN1C(=O)N=C(N)C12CCCC(OC)C2. The van der Waals surface area contributed by atoms with E-state index in [-0.39, 0.29) is 17.7 Å². The average molecular weight is 239 g/mol. The van der Waals surface area contributed by atoms with Gasteiger partial charge in [-0.3, -0.25) is 0 Å². The normalized spacial score (nSPS) is 33.3. The zero-order valence-corrected chi connectivity index (χ0v) is 10.6. The number of methoxy groups -OCH3 is 1. The predicted molar refractivity (Wildman–Crippen MR) is 66.0 cm³/mol. The number of nitrogens with two attached hydrogens (primary N) is 1. The molecule has 2 unspecified atom stereocenters. The summed E-state index contributed by atoms with van der Waals surface area (Å²) >= 11 is 0.